The van der Waals surface area contributed by atoms with Crippen LogP contribution in [-0.2, 0) is 6.54 Å². The molecule has 106 valence electrons. The van der Waals surface area contributed by atoms with Crippen LogP contribution in [0.1, 0.15) is 41.8 Å². The molecule has 1 atom stereocenters. The first-order valence-electron chi connectivity index (χ1n) is 6.24. The topological polar surface area (TPSA) is 106 Å². The third-order valence-corrected chi connectivity index (χ3v) is 2.89. The summed E-state index contributed by atoms with van der Waals surface area (Å²) in [4.78, 5) is 23.2. The van der Waals surface area contributed by atoms with Crippen molar-refractivity contribution >= 4 is 11.9 Å². The van der Waals surface area contributed by atoms with Gasteiger partial charge in [0.2, 0.25) is 5.95 Å². The van der Waals surface area contributed by atoms with Crippen LogP contribution in [0.25, 0.3) is 0 Å². The molecule has 0 saturated heterocycles. The Labute approximate surface area is 115 Å². The molecule has 0 spiro atoms. The number of aromatic nitrogens is 5. The van der Waals surface area contributed by atoms with Gasteiger partial charge in [-0.3, -0.25) is 0 Å². The number of carbonyl (C=O) groups is 1. The predicted octanol–water partition coefficient (Wildman–Crippen LogP) is 1.27. The van der Waals surface area contributed by atoms with Gasteiger partial charge in [0.15, 0.2) is 0 Å². The van der Waals surface area contributed by atoms with Gasteiger partial charge in [-0.2, -0.15) is 5.10 Å². The van der Waals surface area contributed by atoms with Crippen molar-refractivity contribution in [3.63, 3.8) is 0 Å². The maximum absolute atomic E-state index is 10.9. The first-order valence-corrected chi connectivity index (χ1v) is 6.24. The highest BCUT2D eigenvalue weighted by Gasteiger charge is 2.15. The summed E-state index contributed by atoms with van der Waals surface area (Å²) in [7, 11) is 0. The van der Waals surface area contributed by atoms with E-state index in [2.05, 4.69) is 25.4 Å². The van der Waals surface area contributed by atoms with Crippen LogP contribution < -0.4 is 5.32 Å². The van der Waals surface area contributed by atoms with Crippen LogP contribution in [0, 0.1) is 6.92 Å². The molecule has 0 aliphatic carbocycles. The lowest BCUT2D eigenvalue weighted by Crippen LogP contribution is -2.16. The number of hydrogen-bond acceptors (Lipinski definition) is 6. The van der Waals surface area contributed by atoms with Crippen LogP contribution >= 0.6 is 0 Å². The van der Waals surface area contributed by atoms with Crippen LogP contribution in [0.5, 0.6) is 0 Å². The molecular weight excluding hydrogens is 260 g/mol. The Kier molecular flexibility index (Phi) is 3.92. The molecule has 2 N–H and O–H groups in total. The lowest BCUT2D eigenvalue weighted by Gasteiger charge is -2.14. The summed E-state index contributed by atoms with van der Waals surface area (Å²) < 4.78 is 1.77. The number of anilines is 1. The molecule has 0 aromatic carbocycles. The molecule has 2 aromatic heterocycles. The molecule has 1 unspecified atom stereocenters. The van der Waals surface area contributed by atoms with E-state index < -0.39 is 5.97 Å². The summed E-state index contributed by atoms with van der Waals surface area (Å²) in [5.74, 6) is 0.106. The third kappa shape index (κ3) is 2.73. The zero-order valence-electron chi connectivity index (χ0n) is 11.5. The average molecular weight is 276 g/mol. The second-order valence-corrected chi connectivity index (χ2v) is 4.30. The van der Waals surface area contributed by atoms with Crippen LogP contribution in [0.2, 0.25) is 0 Å². The standard InChI is InChI=1S/C12H16N6O2/c1-4-18-10(14-6-15-18)8(3)17-12-13-5-9(11(19)20)7(2)16-12/h5-6,8H,4H2,1-3H3,(H,19,20)(H,13,16,17). The van der Waals surface area contributed by atoms with Crippen molar-refractivity contribution in [2.75, 3.05) is 5.32 Å². The smallest absolute Gasteiger partial charge is 0.339 e. The van der Waals surface area contributed by atoms with Crippen LogP contribution in [0.4, 0.5) is 5.95 Å². The first-order chi connectivity index (χ1) is 9.52. The number of nitrogens with one attached hydrogen (secondary N) is 1. The number of carboxylic acids is 1. The fraction of sp³-hybridized carbons (Fsp3) is 0.417. The van der Waals surface area contributed by atoms with Gasteiger partial charge < -0.3 is 10.4 Å². The molecule has 20 heavy (non-hydrogen) atoms. The molecule has 0 amide bonds. The van der Waals surface area contributed by atoms with Crippen molar-refractivity contribution in [2.24, 2.45) is 0 Å². The van der Waals surface area contributed by atoms with Crippen molar-refractivity contribution in [1.29, 1.82) is 0 Å². The quantitative estimate of drug-likeness (QED) is 0.846. The molecule has 8 nitrogen and oxygen atoms in total. The molecule has 0 aliphatic rings. The molecule has 2 heterocycles. The molecule has 0 aliphatic heterocycles. The predicted molar refractivity (Wildman–Crippen MR) is 71.5 cm³/mol. The van der Waals surface area contributed by atoms with Crippen LogP contribution in [0.3, 0.4) is 0 Å². The van der Waals surface area contributed by atoms with Crippen molar-refractivity contribution in [3.8, 4) is 0 Å². The Morgan fingerprint density at radius 1 is 1.50 bits per heavy atom. The average Bonchev–Trinajstić information content (AvgIpc) is 2.86. The maximum Gasteiger partial charge on any atom is 0.339 e. The minimum Gasteiger partial charge on any atom is -0.478 e. The van der Waals surface area contributed by atoms with Gasteiger partial charge in [0.1, 0.15) is 12.2 Å². The second kappa shape index (κ2) is 5.64. The lowest BCUT2D eigenvalue weighted by molar-refractivity contribution is 0.0695. The monoisotopic (exact) mass is 276 g/mol. The van der Waals surface area contributed by atoms with E-state index in [1.165, 1.54) is 12.5 Å². The van der Waals surface area contributed by atoms with Gasteiger partial charge in [-0.05, 0) is 20.8 Å². The summed E-state index contributed by atoms with van der Waals surface area (Å²) in [6, 6.07) is -0.132. The molecule has 0 radical (unpaired) electrons. The Bertz CT molecular complexity index is 624. The van der Waals surface area contributed by atoms with Gasteiger partial charge >= 0.3 is 5.97 Å². The van der Waals surface area contributed by atoms with Gasteiger partial charge in [0.05, 0.1) is 17.3 Å². The number of rotatable bonds is 5. The van der Waals surface area contributed by atoms with E-state index >= 15 is 0 Å². The van der Waals surface area contributed by atoms with Gasteiger partial charge in [-0.25, -0.2) is 24.4 Å². The number of aryl methyl sites for hydroxylation is 2. The zero-order chi connectivity index (χ0) is 14.7. The van der Waals surface area contributed by atoms with E-state index in [4.69, 9.17) is 5.11 Å². The van der Waals surface area contributed by atoms with Crippen LogP contribution in [-0.4, -0.2) is 35.8 Å². The van der Waals surface area contributed by atoms with E-state index in [1.807, 2.05) is 13.8 Å². The molecule has 8 heteroatoms. The van der Waals surface area contributed by atoms with E-state index in [0.717, 1.165) is 12.4 Å². The lowest BCUT2D eigenvalue weighted by atomic mass is 10.2. The normalized spacial score (nSPS) is 12.2. The largest absolute Gasteiger partial charge is 0.478 e. The van der Waals surface area contributed by atoms with E-state index in [9.17, 15) is 4.79 Å². The van der Waals surface area contributed by atoms with Crippen molar-refractivity contribution in [1.82, 2.24) is 24.7 Å². The Morgan fingerprint density at radius 2 is 2.25 bits per heavy atom. The summed E-state index contributed by atoms with van der Waals surface area (Å²) in [5.41, 5.74) is 0.513. The Balaban J connectivity index is 2.18. The van der Waals surface area contributed by atoms with Crippen molar-refractivity contribution < 1.29 is 9.90 Å². The summed E-state index contributed by atoms with van der Waals surface area (Å²) in [5, 5.41) is 16.1. The third-order valence-electron chi connectivity index (χ3n) is 2.89. The molecular formula is C12H16N6O2. The van der Waals surface area contributed by atoms with E-state index in [-0.39, 0.29) is 11.6 Å². The molecule has 0 saturated carbocycles. The van der Waals surface area contributed by atoms with Gasteiger partial charge in [-0.15, -0.1) is 0 Å². The minimum absolute atomic E-state index is 0.0972. The first kappa shape index (κ1) is 13.9. The van der Waals surface area contributed by atoms with E-state index in [1.54, 1.807) is 11.6 Å². The minimum atomic E-state index is -1.03. The SMILES string of the molecule is CCn1ncnc1C(C)Nc1ncc(C(=O)O)c(C)n1. The summed E-state index contributed by atoms with van der Waals surface area (Å²) in [6.07, 6.45) is 2.79. The van der Waals surface area contributed by atoms with Gasteiger partial charge in [0.25, 0.3) is 0 Å². The van der Waals surface area contributed by atoms with Crippen LogP contribution in [0.15, 0.2) is 12.5 Å². The molecule has 0 fully saturated rings. The summed E-state index contributed by atoms with van der Waals surface area (Å²) in [6.45, 7) is 6.25. The molecule has 2 rings (SSSR count). The number of carboxylic acid groups (broad SMARTS) is 1. The number of hydrogen-bond donors (Lipinski definition) is 2. The highest BCUT2D eigenvalue weighted by molar-refractivity contribution is 5.88. The highest BCUT2D eigenvalue weighted by Crippen LogP contribution is 2.15. The van der Waals surface area contributed by atoms with Crippen molar-refractivity contribution in [2.45, 2.75) is 33.4 Å². The maximum atomic E-state index is 10.9. The van der Waals surface area contributed by atoms with Gasteiger partial charge in [0, 0.05) is 12.7 Å². The van der Waals surface area contributed by atoms with Crippen molar-refractivity contribution in [3.05, 3.63) is 29.6 Å². The Morgan fingerprint density at radius 3 is 2.85 bits per heavy atom. The fourth-order valence-electron chi connectivity index (χ4n) is 1.86. The zero-order valence-corrected chi connectivity index (χ0v) is 11.5. The van der Waals surface area contributed by atoms with E-state index in [0.29, 0.717) is 11.6 Å². The number of aromatic carboxylic acids is 1. The Hall–Kier alpha value is -2.51. The molecule has 2 aromatic rings. The molecule has 0 bridgehead atoms. The summed E-state index contributed by atoms with van der Waals surface area (Å²) >= 11 is 0. The second-order valence-electron chi connectivity index (χ2n) is 4.30. The fourth-order valence-corrected chi connectivity index (χ4v) is 1.86. The highest BCUT2D eigenvalue weighted by atomic mass is 16.4. The van der Waals surface area contributed by atoms with Gasteiger partial charge in [-0.1, -0.05) is 0 Å². The number of nitrogens with zero attached hydrogens (tertiary/aromatic N) is 5.